The number of hydrogen-bond donors (Lipinski definition) is 0. The first-order valence-electron chi connectivity index (χ1n) is 28.8. The Hall–Kier alpha value is -7.12. The van der Waals surface area contributed by atoms with Crippen molar-refractivity contribution in [2.45, 2.75) is 98.1 Å². The fraction of sp³-hybridized carbons (Fsp3) is 0.190. The standard InChI is InChI=1S/C42H36N2.C35H34N2.2CH3.2Hf/c1-27(2)31-21-12-22-32(28(3)4)41(31)44-42(38-26-30-15-6-8-18-34(30)35-19-9-10-20-36(35)38)40-25-13-24-39(43-40)37-23-11-16-29-14-5-7-17-33(29)37;1-23(2)27-18-11-19-28(24(3)4)34(27)37-35(29-16-8-6-13-25(29)5)33-22-12-21-32(36-33)31-20-10-15-26-14-7-9-17-30(26)31;;;;/h5-22,24-28,42H,1-4H3;6-19,21-24,35H,1-5H3;2*1H3;;/q2*-2;2*-1;;. The number of hydrogen-bond acceptors (Lipinski definition) is 2. The van der Waals surface area contributed by atoms with E-state index in [1.54, 1.807) is 0 Å². The summed E-state index contributed by atoms with van der Waals surface area (Å²) >= 11 is 0. The molecular weight excluding hydrogens is 1360 g/mol. The maximum Gasteiger partial charge on any atom is 0.0196 e. The Labute approximate surface area is 544 Å². The van der Waals surface area contributed by atoms with Crippen molar-refractivity contribution in [3.63, 3.8) is 0 Å². The van der Waals surface area contributed by atoms with E-state index in [1.807, 2.05) is 12.1 Å². The Morgan fingerprint density at radius 3 is 1.13 bits per heavy atom. The molecule has 0 radical (unpaired) electrons. The third kappa shape index (κ3) is 13.9. The van der Waals surface area contributed by atoms with Crippen molar-refractivity contribution in [2.24, 2.45) is 0 Å². The molecule has 0 saturated carbocycles. The van der Waals surface area contributed by atoms with Gasteiger partial charge < -0.3 is 35.5 Å². The van der Waals surface area contributed by atoms with Gasteiger partial charge in [0.25, 0.3) is 0 Å². The van der Waals surface area contributed by atoms with Gasteiger partial charge in [0.15, 0.2) is 0 Å². The minimum atomic E-state index is -0.308. The summed E-state index contributed by atoms with van der Waals surface area (Å²) in [6.45, 7) is 20.2. The number of benzene rings is 10. The van der Waals surface area contributed by atoms with Gasteiger partial charge in [-0.05, 0) is 98.9 Å². The van der Waals surface area contributed by atoms with Gasteiger partial charge in [0.1, 0.15) is 0 Å². The Kier molecular flexibility index (Phi) is 22.6. The predicted octanol–water partition coefficient (Wildman–Crippen LogP) is 23.0. The van der Waals surface area contributed by atoms with E-state index >= 15 is 0 Å². The van der Waals surface area contributed by atoms with Gasteiger partial charge in [0, 0.05) is 63.1 Å². The van der Waals surface area contributed by atoms with Crippen LogP contribution in [0, 0.1) is 33.9 Å². The topological polar surface area (TPSA) is 54.0 Å². The van der Waals surface area contributed by atoms with Gasteiger partial charge in [0.2, 0.25) is 0 Å². The second-order valence-corrected chi connectivity index (χ2v) is 22.6. The van der Waals surface area contributed by atoms with E-state index in [9.17, 15) is 0 Å². The van der Waals surface area contributed by atoms with E-state index in [-0.39, 0.29) is 78.6 Å². The molecular formula is C79H76Hf2N4-6. The molecule has 6 heteroatoms. The van der Waals surface area contributed by atoms with Crippen LogP contribution in [0.5, 0.6) is 0 Å². The van der Waals surface area contributed by atoms with Gasteiger partial charge in [-0.1, -0.05) is 282 Å². The summed E-state index contributed by atoms with van der Waals surface area (Å²) in [5, 5.41) is 20.8. The zero-order chi connectivity index (χ0) is 56.1. The number of pyridine rings is 2. The van der Waals surface area contributed by atoms with Crippen LogP contribution in [0.1, 0.15) is 141 Å². The zero-order valence-electron chi connectivity index (χ0n) is 51.1. The molecule has 0 aliphatic rings. The molecule has 0 fully saturated rings. The van der Waals surface area contributed by atoms with E-state index in [4.69, 9.17) is 20.6 Å². The summed E-state index contributed by atoms with van der Waals surface area (Å²) in [7, 11) is 0. The molecule has 426 valence electrons. The summed E-state index contributed by atoms with van der Waals surface area (Å²) in [5.74, 6) is 1.43. The second kappa shape index (κ2) is 29.3. The van der Waals surface area contributed by atoms with Crippen molar-refractivity contribution in [3.8, 4) is 22.5 Å². The normalized spacial score (nSPS) is 11.8. The third-order valence-corrected chi connectivity index (χ3v) is 15.8. The zero-order valence-corrected chi connectivity index (χ0v) is 58.3. The van der Waals surface area contributed by atoms with E-state index in [1.165, 1.54) is 71.3 Å². The number of nitrogens with zero attached hydrogens (tertiary/aromatic N) is 4. The largest absolute Gasteiger partial charge is 0.673 e. The molecule has 0 aliphatic heterocycles. The average Bonchev–Trinajstić information content (AvgIpc) is 3.65. The summed E-state index contributed by atoms with van der Waals surface area (Å²) in [4.78, 5) is 10.6. The molecule has 12 aromatic rings. The van der Waals surface area contributed by atoms with E-state index < -0.39 is 0 Å². The van der Waals surface area contributed by atoms with Gasteiger partial charge in [0.05, 0.1) is 0 Å². The van der Waals surface area contributed by atoms with Gasteiger partial charge >= 0.3 is 0 Å². The van der Waals surface area contributed by atoms with E-state index in [2.05, 4.69) is 287 Å². The molecule has 12 rings (SSSR count). The molecule has 4 nitrogen and oxygen atoms in total. The Morgan fingerprint density at radius 2 is 0.682 bits per heavy atom. The van der Waals surface area contributed by atoms with Crippen LogP contribution in [-0.4, -0.2) is 9.97 Å². The molecule has 0 aliphatic carbocycles. The van der Waals surface area contributed by atoms with Crippen molar-refractivity contribution in [1.29, 1.82) is 0 Å². The van der Waals surface area contributed by atoms with Gasteiger partial charge in [-0.2, -0.15) is 0 Å². The van der Waals surface area contributed by atoms with Crippen LogP contribution < -0.4 is 0 Å². The summed E-state index contributed by atoms with van der Waals surface area (Å²) in [6.07, 6.45) is 0. The molecule has 2 aromatic heterocycles. The average molecular weight is 1440 g/mol. The maximum atomic E-state index is 5.72. The molecule has 0 spiro atoms. The fourth-order valence-corrected chi connectivity index (χ4v) is 11.6. The molecule has 10 aromatic carbocycles. The van der Waals surface area contributed by atoms with Crippen molar-refractivity contribution in [1.82, 2.24) is 9.97 Å². The second-order valence-electron chi connectivity index (χ2n) is 22.6. The Morgan fingerprint density at radius 1 is 0.329 bits per heavy atom. The molecule has 0 bridgehead atoms. The van der Waals surface area contributed by atoms with Gasteiger partial charge in [-0.15, -0.1) is 69.7 Å². The van der Waals surface area contributed by atoms with Crippen LogP contribution in [0.2, 0.25) is 0 Å². The first-order chi connectivity index (χ1) is 39.4. The number of fused-ring (bicyclic) bond motifs is 5. The molecule has 2 unspecified atom stereocenters. The van der Waals surface area contributed by atoms with Crippen LogP contribution in [0.25, 0.3) is 76.2 Å². The van der Waals surface area contributed by atoms with Crippen molar-refractivity contribution in [2.75, 3.05) is 0 Å². The van der Waals surface area contributed by atoms with Gasteiger partial charge in [-0.3, -0.25) is 0 Å². The molecule has 85 heavy (non-hydrogen) atoms. The molecule has 2 atom stereocenters. The summed E-state index contributed by atoms with van der Waals surface area (Å²) in [6, 6.07) is 85.7. The minimum Gasteiger partial charge on any atom is -0.673 e. The summed E-state index contributed by atoms with van der Waals surface area (Å²) < 4.78 is 0. The molecule has 0 N–H and O–H groups in total. The Balaban J connectivity index is 0.000000236. The molecule has 0 saturated heterocycles. The van der Waals surface area contributed by atoms with E-state index in [0.29, 0.717) is 23.7 Å². The Bertz CT molecular complexity index is 4140. The first kappa shape index (κ1) is 65.4. The van der Waals surface area contributed by atoms with Crippen molar-refractivity contribution in [3.05, 3.63) is 312 Å². The van der Waals surface area contributed by atoms with Crippen molar-refractivity contribution >= 4 is 54.5 Å². The van der Waals surface area contributed by atoms with Crippen LogP contribution in [-0.2, 0) is 51.7 Å². The number of aromatic nitrogens is 2. The predicted molar refractivity (Wildman–Crippen MR) is 356 cm³/mol. The van der Waals surface area contributed by atoms with E-state index in [0.717, 1.165) is 56.0 Å². The fourth-order valence-electron chi connectivity index (χ4n) is 11.6. The smallest absolute Gasteiger partial charge is 0.0196 e. The summed E-state index contributed by atoms with van der Waals surface area (Å²) in [5.41, 5.74) is 16.6. The molecule has 2 heterocycles. The van der Waals surface area contributed by atoms with Gasteiger partial charge in [-0.25, -0.2) is 0 Å². The quantitative estimate of drug-likeness (QED) is 0.0619. The monoisotopic (exact) mass is 1440 g/mol. The minimum absolute atomic E-state index is 0. The maximum absolute atomic E-state index is 5.72. The van der Waals surface area contributed by atoms with Crippen LogP contribution in [0.15, 0.2) is 224 Å². The number of rotatable bonds is 14. The van der Waals surface area contributed by atoms with Crippen LogP contribution in [0.3, 0.4) is 0 Å². The third-order valence-electron chi connectivity index (χ3n) is 15.8. The molecule has 0 amide bonds. The van der Waals surface area contributed by atoms with Crippen LogP contribution in [0.4, 0.5) is 11.4 Å². The SMILES string of the molecule is CC(C)c1cccc(C(C)C)c1[N-]C(c1cccc(-c2[c-]ccc3ccccc23)n1)c1cc2ccccc2c2ccccc12.Cc1ccccc1C([N-]c1c(C(C)C)cccc1C(C)C)c1cccc(-c2[c-]ccc3ccccc23)n1.[CH3-].[CH3-].[Hf].[Hf]. The number of para-hydroxylation sites is 2. The number of aryl methyl sites for hydroxylation is 1. The van der Waals surface area contributed by atoms with Crippen molar-refractivity contribution < 1.29 is 51.7 Å². The van der Waals surface area contributed by atoms with Crippen LogP contribution >= 0.6 is 0 Å². The first-order valence-corrected chi connectivity index (χ1v) is 28.8.